The lowest BCUT2D eigenvalue weighted by Crippen LogP contribution is -2.35. The van der Waals surface area contributed by atoms with Crippen LogP contribution in [0.5, 0.6) is 5.75 Å². The van der Waals surface area contributed by atoms with Gasteiger partial charge in [-0.3, -0.25) is 0 Å². The minimum absolute atomic E-state index is 0.208. The van der Waals surface area contributed by atoms with Gasteiger partial charge in [0, 0.05) is 18.6 Å². The van der Waals surface area contributed by atoms with Crippen LogP contribution < -0.4 is 10.5 Å². The van der Waals surface area contributed by atoms with Gasteiger partial charge in [0.2, 0.25) is 0 Å². The lowest BCUT2D eigenvalue weighted by molar-refractivity contribution is 0.0476. The molecule has 1 saturated heterocycles. The summed E-state index contributed by atoms with van der Waals surface area (Å²) in [5.74, 6) is 0.906. The summed E-state index contributed by atoms with van der Waals surface area (Å²) in [6.45, 7) is 2.41. The predicted octanol–water partition coefficient (Wildman–Crippen LogP) is 2.09. The molecule has 0 aromatic heterocycles. The van der Waals surface area contributed by atoms with Gasteiger partial charge in [-0.1, -0.05) is 12.1 Å². The molecule has 0 unspecified atom stereocenters. The average molecular weight is 235 g/mol. The third kappa shape index (κ3) is 2.61. The molecule has 2 rings (SSSR count). The minimum Gasteiger partial charge on any atom is -0.497 e. The molecule has 3 nitrogen and oxygen atoms in total. The van der Waals surface area contributed by atoms with Crippen molar-refractivity contribution in [3.05, 3.63) is 29.8 Å². The molecule has 0 atom stereocenters. The topological polar surface area (TPSA) is 44.5 Å². The Morgan fingerprint density at radius 2 is 1.88 bits per heavy atom. The molecule has 17 heavy (non-hydrogen) atoms. The Morgan fingerprint density at radius 1 is 1.24 bits per heavy atom. The van der Waals surface area contributed by atoms with Crippen LogP contribution in [0.25, 0.3) is 0 Å². The van der Waals surface area contributed by atoms with E-state index >= 15 is 0 Å². The molecule has 0 amide bonds. The smallest absolute Gasteiger partial charge is 0.118 e. The predicted molar refractivity (Wildman–Crippen MR) is 68.4 cm³/mol. The van der Waals surface area contributed by atoms with Crippen molar-refractivity contribution < 1.29 is 9.47 Å². The van der Waals surface area contributed by atoms with E-state index in [1.165, 1.54) is 5.56 Å². The maximum atomic E-state index is 5.77. The van der Waals surface area contributed by atoms with Crippen molar-refractivity contribution >= 4 is 0 Å². The highest BCUT2D eigenvalue weighted by Gasteiger charge is 2.33. The average Bonchev–Trinajstić information content (AvgIpc) is 2.40. The Kier molecular flexibility index (Phi) is 4.02. The van der Waals surface area contributed by atoms with Crippen LogP contribution in [0.3, 0.4) is 0 Å². The zero-order valence-electron chi connectivity index (χ0n) is 10.4. The highest BCUT2D eigenvalue weighted by atomic mass is 16.5. The Hall–Kier alpha value is -1.06. The van der Waals surface area contributed by atoms with Crippen LogP contribution in [-0.2, 0) is 10.2 Å². The molecule has 1 aromatic rings. The largest absolute Gasteiger partial charge is 0.497 e. The van der Waals surface area contributed by atoms with Crippen LogP contribution in [-0.4, -0.2) is 26.9 Å². The summed E-state index contributed by atoms with van der Waals surface area (Å²) in [5, 5.41) is 0. The fourth-order valence-electron chi connectivity index (χ4n) is 2.67. The molecule has 1 heterocycles. The van der Waals surface area contributed by atoms with Crippen molar-refractivity contribution in [3.8, 4) is 5.75 Å². The van der Waals surface area contributed by atoms with E-state index in [9.17, 15) is 0 Å². The number of hydrogen-bond donors (Lipinski definition) is 1. The van der Waals surface area contributed by atoms with Crippen LogP contribution in [0.15, 0.2) is 24.3 Å². The normalized spacial score (nSPS) is 18.9. The highest BCUT2D eigenvalue weighted by molar-refractivity contribution is 5.32. The molecule has 0 spiro atoms. The van der Waals surface area contributed by atoms with Gasteiger partial charge in [0.05, 0.1) is 7.11 Å². The van der Waals surface area contributed by atoms with Crippen molar-refractivity contribution in [1.82, 2.24) is 0 Å². The van der Waals surface area contributed by atoms with Gasteiger partial charge < -0.3 is 15.2 Å². The van der Waals surface area contributed by atoms with Crippen LogP contribution >= 0.6 is 0 Å². The van der Waals surface area contributed by atoms with E-state index in [-0.39, 0.29) is 5.41 Å². The number of hydrogen-bond acceptors (Lipinski definition) is 3. The molecule has 2 N–H and O–H groups in total. The van der Waals surface area contributed by atoms with E-state index in [0.717, 1.165) is 44.8 Å². The molecular weight excluding hydrogens is 214 g/mol. The van der Waals surface area contributed by atoms with Gasteiger partial charge in [-0.05, 0) is 43.5 Å². The molecule has 0 radical (unpaired) electrons. The van der Waals surface area contributed by atoms with Crippen molar-refractivity contribution in [3.63, 3.8) is 0 Å². The van der Waals surface area contributed by atoms with E-state index in [4.69, 9.17) is 15.2 Å². The second-order valence-corrected chi connectivity index (χ2v) is 4.66. The summed E-state index contributed by atoms with van der Waals surface area (Å²) in [7, 11) is 1.69. The van der Waals surface area contributed by atoms with Crippen LogP contribution in [0.1, 0.15) is 24.8 Å². The fourth-order valence-corrected chi connectivity index (χ4v) is 2.67. The van der Waals surface area contributed by atoms with E-state index < -0.39 is 0 Å². The van der Waals surface area contributed by atoms with Gasteiger partial charge in [0.25, 0.3) is 0 Å². The van der Waals surface area contributed by atoms with Gasteiger partial charge in [0.15, 0.2) is 0 Å². The fraction of sp³-hybridized carbons (Fsp3) is 0.571. The van der Waals surface area contributed by atoms with Crippen LogP contribution in [0, 0.1) is 0 Å². The Labute approximate surface area is 103 Å². The summed E-state index contributed by atoms with van der Waals surface area (Å²) in [6, 6.07) is 8.39. The maximum Gasteiger partial charge on any atom is 0.118 e. The minimum atomic E-state index is 0.208. The third-order valence-electron chi connectivity index (χ3n) is 3.78. The first-order chi connectivity index (χ1) is 8.30. The van der Waals surface area contributed by atoms with Crippen LogP contribution in [0.4, 0.5) is 0 Å². The zero-order valence-corrected chi connectivity index (χ0v) is 10.4. The molecule has 1 aliphatic heterocycles. The quantitative estimate of drug-likeness (QED) is 0.869. The molecule has 1 aliphatic rings. The van der Waals surface area contributed by atoms with Gasteiger partial charge in [-0.25, -0.2) is 0 Å². The first-order valence-electron chi connectivity index (χ1n) is 6.23. The van der Waals surface area contributed by atoms with Gasteiger partial charge in [0.1, 0.15) is 5.75 Å². The van der Waals surface area contributed by atoms with E-state index in [1.54, 1.807) is 7.11 Å². The second kappa shape index (κ2) is 5.52. The number of rotatable bonds is 4. The SMILES string of the molecule is COc1ccc(C2(CCN)CCOCC2)cc1. The highest BCUT2D eigenvalue weighted by Crippen LogP contribution is 2.38. The van der Waals surface area contributed by atoms with Crippen molar-refractivity contribution in [2.75, 3.05) is 26.9 Å². The molecule has 1 aromatic carbocycles. The second-order valence-electron chi connectivity index (χ2n) is 4.66. The number of methoxy groups -OCH3 is 1. The van der Waals surface area contributed by atoms with Crippen molar-refractivity contribution in [2.24, 2.45) is 5.73 Å². The number of ether oxygens (including phenoxy) is 2. The molecule has 94 valence electrons. The van der Waals surface area contributed by atoms with E-state index in [2.05, 4.69) is 12.1 Å². The summed E-state index contributed by atoms with van der Waals surface area (Å²) in [4.78, 5) is 0. The first kappa shape index (κ1) is 12.4. The van der Waals surface area contributed by atoms with E-state index in [0.29, 0.717) is 0 Å². The molecule has 0 aliphatic carbocycles. The van der Waals surface area contributed by atoms with Crippen LogP contribution in [0.2, 0.25) is 0 Å². The first-order valence-corrected chi connectivity index (χ1v) is 6.23. The Bertz CT molecular complexity index is 336. The molecule has 0 bridgehead atoms. The Morgan fingerprint density at radius 3 is 2.41 bits per heavy atom. The third-order valence-corrected chi connectivity index (χ3v) is 3.78. The monoisotopic (exact) mass is 235 g/mol. The molecule has 1 fully saturated rings. The van der Waals surface area contributed by atoms with Crippen molar-refractivity contribution in [2.45, 2.75) is 24.7 Å². The van der Waals surface area contributed by atoms with E-state index in [1.807, 2.05) is 12.1 Å². The number of benzene rings is 1. The molecule has 3 heteroatoms. The molecular formula is C14H21NO2. The van der Waals surface area contributed by atoms with Gasteiger partial charge >= 0.3 is 0 Å². The maximum absolute atomic E-state index is 5.77. The summed E-state index contributed by atoms with van der Waals surface area (Å²) >= 11 is 0. The molecule has 0 saturated carbocycles. The van der Waals surface area contributed by atoms with Crippen molar-refractivity contribution in [1.29, 1.82) is 0 Å². The zero-order chi connectivity index (χ0) is 12.1. The lowest BCUT2D eigenvalue weighted by atomic mass is 9.72. The summed E-state index contributed by atoms with van der Waals surface area (Å²) in [6.07, 6.45) is 3.16. The summed E-state index contributed by atoms with van der Waals surface area (Å²) in [5.41, 5.74) is 7.35. The Balaban J connectivity index is 2.24. The lowest BCUT2D eigenvalue weighted by Gasteiger charge is -2.37. The van der Waals surface area contributed by atoms with Gasteiger partial charge in [-0.2, -0.15) is 0 Å². The summed E-state index contributed by atoms with van der Waals surface area (Å²) < 4.78 is 10.7. The van der Waals surface area contributed by atoms with Gasteiger partial charge in [-0.15, -0.1) is 0 Å². The standard InChI is InChI=1S/C14H21NO2/c1-16-13-4-2-12(3-5-13)14(6-9-15)7-10-17-11-8-14/h2-5H,6-11,15H2,1H3. The number of nitrogens with two attached hydrogens (primary N) is 1.